The van der Waals surface area contributed by atoms with E-state index < -0.39 is 27.3 Å². The SMILES string of the molecule is O=c1c(OC2CCCC2)c(N2CCN(S(=O)(=O)c3ccc(C(F)(F)F)cc3)CC2)cnn1-c1cccc(Cl)c1. The van der Waals surface area contributed by atoms with Crippen LogP contribution >= 0.6 is 11.6 Å². The Morgan fingerprint density at radius 2 is 1.64 bits per heavy atom. The summed E-state index contributed by atoms with van der Waals surface area (Å²) in [6.07, 6.45) is 0.554. The van der Waals surface area contributed by atoms with Crippen molar-refractivity contribution in [2.45, 2.75) is 42.9 Å². The fraction of sp³-hybridized carbons (Fsp3) is 0.385. The van der Waals surface area contributed by atoms with E-state index in [0.29, 0.717) is 16.4 Å². The van der Waals surface area contributed by atoms with Crippen molar-refractivity contribution in [2.75, 3.05) is 31.1 Å². The number of rotatable bonds is 6. The number of sulfonamides is 1. The third-order valence-electron chi connectivity index (χ3n) is 6.95. The van der Waals surface area contributed by atoms with Gasteiger partial charge >= 0.3 is 11.7 Å². The van der Waals surface area contributed by atoms with Gasteiger partial charge in [0.25, 0.3) is 0 Å². The first kappa shape index (κ1) is 27.5. The number of aromatic nitrogens is 2. The van der Waals surface area contributed by atoms with Crippen LogP contribution in [0.25, 0.3) is 5.69 Å². The van der Waals surface area contributed by atoms with Gasteiger partial charge in [0.05, 0.1) is 28.4 Å². The van der Waals surface area contributed by atoms with Crippen molar-refractivity contribution < 1.29 is 26.3 Å². The van der Waals surface area contributed by atoms with Crippen LogP contribution in [0.5, 0.6) is 5.75 Å². The molecular formula is C26H26ClF3N4O4S. The van der Waals surface area contributed by atoms with Crippen LogP contribution in [0.4, 0.5) is 18.9 Å². The fourth-order valence-corrected chi connectivity index (χ4v) is 6.47. The Kier molecular flexibility index (Phi) is 7.62. The first-order valence-electron chi connectivity index (χ1n) is 12.5. The normalized spacial score (nSPS) is 17.5. The molecule has 3 aromatic rings. The molecule has 0 unspecified atom stereocenters. The van der Waals surface area contributed by atoms with Crippen LogP contribution in [-0.2, 0) is 16.2 Å². The molecule has 0 spiro atoms. The molecule has 2 aliphatic rings. The second-order valence-electron chi connectivity index (χ2n) is 9.49. The van der Waals surface area contributed by atoms with Crippen LogP contribution in [0.3, 0.4) is 0 Å². The van der Waals surface area contributed by atoms with Crippen molar-refractivity contribution in [1.29, 1.82) is 0 Å². The van der Waals surface area contributed by atoms with E-state index in [0.717, 1.165) is 49.9 Å². The maximum atomic E-state index is 13.6. The molecule has 0 N–H and O–H groups in total. The predicted molar refractivity (Wildman–Crippen MR) is 140 cm³/mol. The average molecular weight is 583 g/mol. The second-order valence-corrected chi connectivity index (χ2v) is 11.9. The maximum absolute atomic E-state index is 13.6. The van der Waals surface area contributed by atoms with E-state index in [1.807, 2.05) is 4.90 Å². The maximum Gasteiger partial charge on any atom is 0.416 e. The predicted octanol–water partition coefficient (Wildman–Crippen LogP) is 4.74. The van der Waals surface area contributed by atoms with Gasteiger partial charge in [-0.25, -0.2) is 8.42 Å². The first-order chi connectivity index (χ1) is 18.5. The molecule has 2 fully saturated rings. The minimum Gasteiger partial charge on any atom is -0.483 e. The van der Waals surface area contributed by atoms with Gasteiger partial charge in [0, 0.05) is 31.2 Å². The minimum absolute atomic E-state index is 0.0730. The van der Waals surface area contributed by atoms with Crippen LogP contribution in [0, 0.1) is 0 Å². The Morgan fingerprint density at radius 1 is 0.974 bits per heavy atom. The molecular weight excluding hydrogens is 557 g/mol. The van der Waals surface area contributed by atoms with Crippen LogP contribution in [0.15, 0.2) is 64.4 Å². The Labute approximate surface area is 228 Å². The Bertz CT molecular complexity index is 1500. The van der Waals surface area contributed by atoms with E-state index in [-0.39, 0.29) is 42.9 Å². The van der Waals surface area contributed by atoms with Gasteiger partial charge in [-0.2, -0.15) is 27.3 Å². The van der Waals surface area contributed by atoms with Crippen molar-refractivity contribution >= 4 is 27.3 Å². The van der Waals surface area contributed by atoms with Gasteiger partial charge < -0.3 is 9.64 Å². The van der Waals surface area contributed by atoms with Crippen LogP contribution < -0.4 is 15.2 Å². The smallest absolute Gasteiger partial charge is 0.416 e. The van der Waals surface area contributed by atoms with Crippen molar-refractivity contribution in [3.63, 3.8) is 0 Å². The molecule has 1 aliphatic heterocycles. The summed E-state index contributed by atoms with van der Waals surface area (Å²) in [5.41, 5.74) is -0.401. The van der Waals surface area contributed by atoms with Crippen LogP contribution in [-0.4, -0.2) is 54.8 Å². The zero-order valence-corrected chi connectivity index (χ0v) is 22.3. The summed E-state index contributed by atoms with van der Waals surface area (Å²) in [7, 11) is -4.00. The van der Waals surface area contributed by atoms with Crippen molar-refractivity contribution in [3.8, 4) is 11.4 Å². The average Bonchev–Trinajstić information content (AvgIpc) is 3.43. The largest absolute Gasteiger partial charge is 0.483 e. The lowest BCUT2D eigenvalue weighted by atomic mass is 10.2. The molecule has 0 radical (unpaired) electrons. The zero-order chi connectivity index (χ0) is 27.8. The third kappa shape index (κ3) is 5.78. The second kappa shape index (κ2) is 10.8. The molecule has 0 atom stereocenters. The molecule has 1 aromatic heterocycles. The first-order valence-corrected chi connectivity index (χ1v) is 14.3. The zero-order valence-electron chi connectivity index (χ0n) is 20.8. The van der Waals surface area contributed by atoms with Gasteiger partial charge in [0.2, 0.25) is 15.8 Å². The lowest BCUT2D eigenvalue weighted by Gasteiger charge is -2.36. The number of piperazine rings is 1. The number of alkyl halides is 3. The van der Waals surface area contributed by atoms with E-state index in [1.54, 1.807) is 24.3 Å². The molecule has 1 saturated heterocycles. The molecule has 13 heteroatoms. The van der Waals surface area contributed by atoms with E-state index in [2.05, 4.69) is 5.10 Å². The molecule has 0 amide bonds. The topological polar surface area (TPSA) is 84.7 Å². The number of nitrogens with zero attached hydrogens (tertiary/aromatic N) is 4. The standard InChI is InChI=1S/C26H26ClF3N4O4S/c27-19-4-3-5-20(16-19)34-25(35)24(38-21-6-1-2-7-21)23(17-31-34)32-12-14-33(15-13-32)39(36,37)22-10-8-18(9-11-22)26(28,29)30/h3-5,8-11,16-17,21H,1-2,6-7,12-15H2. The van der Waals surface area contributed by atoms with Gasteiger partial charge in [-0.15, -0.1) is 0 Å². The Morgan fingerprint density at radius 3 is 2.26 bits per heavy atom. The number of halogens is 4. The number of hydrogen-bond acceptors (Lipinski definition) is 6. The van der Waals surface area contributed by atoms with E-state index in [4.69, 9.17) is 16.3 Å². The summed E-state index contributed by atoms with van der Waals surface area (Å²) < 4.78 is 73.5. The number of ether oxygens (including phenoxy) is 1. The fourth-order valence-electron chi connectivity index (χ4n) is 4.86. The summed E-state index contributed by atoms with van der Waals surface area (Å²) >= 11 is 6.11. The molecule has 8 nitrogen and oxygen atoms in total. The van der Waals surface area contributed by atoms with Gasteiger partial charge in [-0.1, -0.05) is 17.7 Å². The van der Waals surface area contributed by atoms with Crippen molar-refractivity contribution in [3.05, 3.63) is 75.7 Å². The molecule has 39 heavy (non-hydrogen) atoms. The van der Waals surface area contributed by atoms with E-state index in [9.17, 15) is 26.4 Å². The van der Waals surface area contributed by atoms with Gasteiger partial charge in [-0.3, -0.25) is 4.79 Å². The number of hydrogen-bond donors (Lipinski definition) is 0. The Hall–Kier alpha value is -3.09. The van der Waals surface area contributed by atoms with Crippen LogP contribution in [0.1, 0.15) is 31.2 Å². The molecule has 0 bridgehead atoms. The lowest BCUT2D eigenvalue weighted by Crippen LogP contribution is -2.49. The molecule has 1 aliphatic carbocycles. The minimum atomic E-state index is -4.55. The lowest BCUT2D eigenvalue weighted by molar-refractivity contribution is -0.137. The number of anilines is 1. The van der Waals surface area contributed by atoms with Gasteiger partial charge in [-0.05, 0) is 68.1 Å². The molecule has 1 saturated carbocycles. The van der Waals surface area contributed by atoms with E-state index in [1.165, 1.54) is 15.2 Å². The highest BCUT2D eigenvalue weighted by Gasteiger charge is 2.34. The van der Waals surface area contributed by atoms with Gasteiger partial charge in [0.15, 0.2) is 0 Å². The summed E-state index contributed by atoms with van der Waals surface area (Å²) in [4.78, 5) is 15.2. The summed E-state index contributed by atoms with van der Waals surface area (Å²) in [5.74, 6) is 0.149. The van der Waals surface area contributed by atoms with E-state index >= 15 is 0 Å². The van der Waals surface area contributed by atoms with Gasteiger partial charge in [0.1, 0.15) is 5.69 Å². The van der Waals surface area contributed by atoms with Crippen LogP contribution in [0.2, 0.25) is 5.02 Å². The number of benzene rings is 2. The molecule has 5 rings (SSSR count). The monoisotopic (exact) mass is 582 g/mol. The third-order valence-corrected chi connectivity index (χ3v) is 9.10. The molecule has 2 heterocycles. The summed E-state index contributed by atoms with van der Waals surface area (Å²) in [6, 6.07) is 10.2. The molecule has 2 aromatic carbocycles. The highest BCUT2D eigenvalue weighted by Crippen LogP contribution is 2.32. The Balaban J connectivity index is 1.39. The molecule has 208 valence electrons. The van der Waals surface area contributed by atoms with Crippen molar-refractivity contribution in [1.82, 2.24) is 14.1 Å². The quantitative estimate of drug-likeness (QED) is 0.418. The summed E-state index contributed by atoms with van der Waals surface area (Å²) in [6.45, 7) is 0.625. The summed E-state index contributed by atoms with van der Waals surface area (Å²) in [5, 5.41) is 4.80. The highest BCUT2D eigenvalue weighted by atomic mass is 35.5. The highest BCUT2D eigenvalue weighted by molar-refractivity contribution is 7.89. The van der Waals surface area contributed by atoms with Crippen molar-refractivity contribution in [2.24, 2.45) is 0 Å².